The van der Waals surface area contributed by atoms with Crippen LogP contribution in [-0.4, -0.2) is 18.3 Å². The quantitative estimate of drug-likeness (QED) is 0.486. The highest BCUT2D eigenvalue weighted by Crippen LogP contribution is 2.10. The van der Waals surface area contributed by atoms with Crippen LogP contribution in [0, 0.1) is 0 Å². The number of hydrogen-bond donors (Lipinski definition) is 2. The molecule has 2 aromatic rings. The monoisotopic (exact) mass is 323 g/mol. The molecule has 1 aromatic carbocycles. The van der Waals surface area contributed by atoms with Crippen LogP contribution < -0.4 is 11.1 Å². The van der Waals surface area contributed by atoms with Crippen molar-refractivity contribution in [2.24, 2.45) is 10.9 Å². The SMILES string of the molecule is N/C(=N/OCC(=O)NCc1cccs1)c1cccc(Cl)c1. The van der Waals surface area contributed by atoms with E-state index in [9.17, 15) is 4.79 Å². The van der Waals surface area contributed by atoms with Crippen LogP contribution in [0.25, 0.3) is 0 Å². The molecule has 0 bridgehead atoms. The van der Waals surface area contributed by atoms with Crippen LogP contribution >= 0.6 is 22.9 Å². The van der Waals surface area contributed by atoms with E-state index in [-0.39, 0.29) is 18.3 Å². The van der Waals surface area contributed by atoms with Crippen molar-refractivity contribution in [1.29, 1.82) is 0 Å². The molecule has 2 rings (SSSR count). The molecule has 0 radical (unpaired) electrons. The minimum Gasteiger partial charge on any atom is -0.384 e. The molecule has 5 nitrogen and oxygen atoms in total. The van der Waals surface area contributed by atoms with E-state index in [1.807, 2.05) is 17.5 Å². The van der Waals surface area contributed by atoms with Gasteiger partial charge in [-0.2, -0.15) is 0 Å². The van der Waals surface area contributed by atoms with Crippen molar-refractivity contribution >= 4 is 34.7 Å². The van der Waals surface area contributed by atoms with Crippen LogP contribution in [-0.2, 0) is 16.2 Å². The largest absolute Gasteiger partial charge is 0.384 e. The van der Waals surface area contributed by atoms with Crippen LogP contribution in [0.3, 0.4) is 0 Å². The lowest BCUT2D eigenvalue weighted by Crippen LogP contribution is -2.26. The standard InChI is InChI=1S/C14H14ClN3O2S/c15-11-4-1-3-10(7-11)14(16)18-20-9-13(19)17-8-12-5-2-6-21-12/h1-7H,8-9H2,(H2,16,18)(H,17,19). The van der Waals surface area contributed by atoms with Crippen LogP contribution in [0.4, 0.5) is 0 Å². The second-order valence-electron chi connectivity index (χ2n) is 4.12. The number of amides is 1. The number of halogens is 1. The number of oxime groups is 1. The van der Waals surface area contributed by atoms with Gasteiger partial charge in [0.25, 0.3) is 5.91 Å². The second-order valence-corrected chi connectivity index (χ2v) is 5.59. The molecular weight excluding hydrogens is 310 g/mol. The second kappa shape index (κ2) is 7.66. The van der Waals surface area contributed by atoms with Gasteiger partial charge in [0, 0.05) is 15.5 Å². The smallest absolute Gasteiger partial charge is 0.261 e. The average Bonchev–Trinajstić information content (AvgIpc) is 2.98. The molecule has 110 valence electrons. The molecule has 3 N–H and O–H groups in total. The Labute approximate surface area is 131 Å². The Hall–Kier alpha value is -2.05. The van der Waals surface area contributed by atoms with Crippen LogP contribution in [0.1, 0.15) is 10.4 Å². The molecule has 0 aliphatic rings. The van der Waals surface area contributed by atoms with Crippen molar-refractivity contribution in [3.05, 3.63) is 57.2 Å². The Kier molecular flexibility index (Phi) is 5.59. The van der Waals surface area contributed by atoms with Crippen molar-refractivity contribution in [3.8, 4) is 0 Å². The van der Waals surface area contributed by atoms with E-state index in [0.717, 1.165) is 4.88 Å². The zero-order valence-electron chi connectivity index (χ0n) is 11.1. The highest BCUT2D eigenvalue weighted by molar-refractivity contribution is 7.09. The molecule has 1 amide bonds. The van der Waals surface area contributed by atoms with Gasteiger partial charge in [-0.15, -0.1) is 11.3 Å². The highest BCUT2D eigenvalue weighted by Gasteiger charge is 2.04. The van der Waals surface area contributed by atoms with Gasteiger partial charge in [-0.1, -0.05) is 35.0 Å². The van der Waals surface area contributed by atoms with E-state index in [4.69, 9.17) is 22.2 Å². The summed E-state index contributed by atoms with van der Waals surface area (Å²) in [5.74, 6) is -0.0883. The normalized spacial score (nSPS) is 11.2. The first-order valence-electron chi connectivity index (χ1n) is 6.15. The lowest BCUT2D eigenvalue weighted by molar-refractivity contribution is -0.125. The van der Waals surface area contributed by atoms with Crippen LogP contribution in [0.15, 0.2) is 46.9 Å². The van der Waals surface area contributed by atoms with Gasteiger partial charge in [0.2, 0.25) is 0 Å². The summed E-state index contributed by atoms with van der Waals surface area (Å²) in [7, 11) is 0. The van der Waals surface area contributed by atoms with Crippen molar-refractivity contribution in [2.75, 3.05) is 6.61 Å². The van der Waals surface area contributed by atoms with E-state index in [2.05, 4.69) is 10.5 Å². The third-order valence-corrected chi connectivity index (χ3v) is 3.63. The molecule has 0 aliphatic heterocycles. The van der Waals surface area contributed by atoms with E-state index >= 15 is 0 Å². The first-order valence-corrected chi connectivity index (χ1v) is 7.41. The Balaban J connectivity index is 1.77. The predicted octanol–water partition coefficient (Wildman–Crippen LogP) is 2.35. The summed E-state index contributed by atoms with van der Waals surface area (Å²) >= 11 is 7.43. The number of nitrogens with two attached hydrogens (primary N) is 1. The van der Waals surface area contributed by atoms with Crippen LogP contribution in [0.2, 0.25) is 5.02 Å². The Morgan fingerprint density at radius 1 is 1.38 bits per heavy atom. The zero-order chi connectivity index (χ0) is 15.1. The predicted molar refractivity (Wildman–Crippen MR) is 84.3 cm³/mol. The summed E-state index contributed by atoms with van der Waals surface area (Å²) in [6.45, 7) is 0.292. The number of nitrogens with one attached hydrogen (secondary N) is 1. The zero-order valence-corrected chi connectivity index (χ0v) is 12.7. The first kappa shape index (κ1) is 15.3. The highest BCUT2D eigenvalue weighted by atomic mass is 35.5. The molecule has 21 heavy (non-hydrogen) atoms. The number of thiophene rings is 1. The summed E-state index contributed by atoms with van der Waals surface area (Å²) in [5.41, 5.74) is 6.38. The third-order valence-electron chi connectivity index (χ3n) is 2.52. The first-order chi connectivity index (χ1) is 10.1. The summed E-state index contributed by atoms with van der Waals surface area (Å²) in [5, 5.41) is 8.93. The molecule has 0 aliphatic carbocycles. The minimum atomic E-state index is -0.258. The molecule has 0 atom stereocenters. The van der Waals surface area contributed by atoms with Gasteiger partial charge in [0.05, 0.1) is 6.54 Å². The van der Waals surface area contributed by atoms with Gasteiger partial charge >= 0.3 is 0 Å². The van der Waals surface area contributed by atoms with E-state index in [0.29, 0.717) is 17.1 Å². The Bertz CT molecular complexity index is 629. The lowest BCUT2D eigenvalue weighted by Gasteiger charge is -2.04. The van der Waals surface area contributed by atoms with E-state index in [1.54, 1.807) is 35.6 Å². The van der Waals surface area contributed by atoms with Gasteiger partial charge in [0.1, 0.15) is 0 Å². The van der Waals surface area contributed by atoms with Crippen molar-refractivity contribution in [3.63, 3.8) is 0 Å². The molecular formula is C14H14ClN3O2S. The summed E-state index contributed by atoms with van der Waals surface area (Å²) in [6.07, 6.45) is 0. The number of nitrogens with zero attached hydrogens (tertiary/aromatic N) is 1. The number of hydrogen-bond acceptors (Lipinski definition) is 4. The van der Waals surface area contributed by atoms with Crippen molar-refractivity contribution < 1.29 is 9.63 Å². The molecule has 1 heterocycles. The molecule has 7 heteroatoms. The fraction of sp³-hybridized carbons (Fsp3) is 0.143. The molecule has 0 saturated heterocycles. The maximum Gasteiger partial charge on any atom is 0.261 e. The summed E-state index contributed by atoms with van der Waals surface area (Å²) < 4.78 is 0. The number of carbonyl (C=O) groups excluding carboxylic acids is 1. The van der Waals surface area contributed by atoms with Gasteiger partial charge in [-0.3, -0.25) is 4.79 Å². The Morgan fingerprint density at radius 3 is 2.95 bits per heavy atom. The fourth-order valence-corrected chi connectivity index (χ4v) is 2.35. The van der Waals surface area contributed by atoms with E-state index < -0.39 is 0 Å². The van der Waals surface area contributed by atoms with Gasteiger partial charge in [-0.25, -0.2) is 0 Å². The third kappa shape index (κ3) is 5.09. The van der Waals surface area contributed by atoms with E-state index in [1.165, 1.54) is 0 Å². The molecule has 1 aromatic heterocycles. The molecule has 0 fully saturated rings. The average molecular weight is 324 g/mol. The number of amidine groups is 1. The molecule has 0 spiro atoms. The number of rotatable bonds is 6. The van der Waals surface area contributed by atoms with Crippen molar-refractivity contribution in [1.82, 2.24) is 5.32 Å². The molecule has 0 saturated carbocycles. The van der Waals surface area contributed by atoms with Crippen LogP contribution in [0.5, 0.6) is 0 Å². The topological polar surface area (TPSA) is 76.7 Å². The molecule has 0 unspecified atom stereocenters. The number of carbonyl (C=O) groups is 1. The van der Waals surface area contributed by atoms with Crippen molar-refractivity contribution in [2.45, 2.75) is 6.54 Å². The minimum absolute atomic E-state index is 0.170. The fourth-order valence-electron chi connectivity index (χ4n) is 1.51. The van der Waals surface area contributed by atoms with Gasteiger partial charge < -0.3 is 15.9 Å². The maximum absolute atomic E-state index is 11.5. The maximum atomic E-state index is 11.5. The van der Waals surface area contributed by atoms with Gasteiger partial charge in [0.15, 0.2) is 12.4 Å². The summed E-state index contributed by atoms with van der Waals surface area (Å²) in [4.78, 5) is 17.6. The summed E-state index contributed by atoms with van der Waals surface area (Å²) in [6, 6.07) is 10.8. The Morgan fingerprint density at radius 2 is 2.24 bits per heavy atom. The lowest BCUT2D eigenvalue weighted by atomic mass is 10.2. The number of benzene rings is 1. The van der Waals surface area contributed by atoms with Gasteiger partial charge in [-0.05, 0) is 23.6 Å².